The van der Waals surface area contributed by atoms with Gasteiger partial charge in [-0.25, -0.2) is 0 Å². The Morgan fingerprint density at radius 2 is 2.18 bits per heavy atom. The van der Waals surface area contributed by atoms with Crippen molar-refractivity contribution in [1.82, 2.24) is 10.6 Å². The largest absolute Gasteiger partial charge is 0.496 e. The fraction of sp³-hybridized carbons (Fsp3) is 0.588. The fourth-order valence-corrected chi connectivity index (χ4v) is 2.66. The SMILES string of the molecule is CCCC1CC1NC(=NC)NCc1ccc(C)cc1OC.I. The number of hydrogen-bond donors (Lipinski definition) is 2. The molecule has 2 rings (SSSR count). The lowest BCUT2D eigenvalue weighted by Gasteiger charge is -2.14. The van der Waals surface area contributed by atoms with Gasteiger partial charge >= 0.3 is 0 Å². The summed E-state index contributed by atoms with van der Waals surface area (Å²) in [5, 5.41) is 6.87. The maximum Gasteiger partial charge on any atom is 0.191 e. The molecule has 5 heteroatoms. The predicted octanol–water partition coefficient (Wildman–Crippen LogP) is 3.48. The summed E-state index contributed by atoms with van der Waals surface area (Å²) in [6, 6.07) is 6.86. The maximum absolute atomic E-state index is 5.43. The molecule has 1 fully saturated rings. The van der Waals surface area contributed by atoms with Gasteiger partial charge in [0.15, 0.2) is 5.96 Å². The molecule has 0 heterocycles. The summed E-state index contributed by atoms with van der Waals surface area (Å²) in [6.07, 6.45) is 3.83. The second-order valence-electron chi connectivity index (χ2n) is 5.78. The lowest BCUT2D eigenvalue weighted by atomic mass is 10.1. The van der Waals surface area contributed by atoms with E-state index in [0.717, 1.165) is 23.2 Å². The van der Waals surface area contributed by atoms with E-state index in [2.05, 4.69) is 47.7 Å². The highest BCUT2D eigenvalue weighted by molar-refractivity contribution is 14.0. The normalized spacial score (nSPS) is 20.1. The lowest BCUT2D eigenvalue weighted by molar-refractivity contribution is 0.408. The number of methoxy groups -OCH3 is 1. The highest BCUT2D eigenvalue weighted by Crippen LogP contribution is 2.34. The second-order valence-corrected chi connectivity index (χ2v) is 5.78. The Morgan fingerprint density at radius 1 is 1.41 bits per heavy atom. The van der Waals surface area contributed by atoms with Gasteiger partial charge in [-0.1, -0.05) is 25.5 Å². The van der Waals surface area contributed by atoms with Crippen LogP contribution in [0.1, 0.15) is 37.3 Å². The quantitative estimate of drug-likeness (QED) is 0.423. The second kappa shape index (κ2) is 9.22. The van der Waals surface area contributed by atoms with Crippen LogP contribution in [0.25, 0.3) is 0 Å². The summed E-state index contributed by atoms with van der Waals surface area (Å²) in [7, 11) is 3.53. The molecular formula is C17H28IN3O. The van der Waals surface area contributed by atoms with Crippen LogP contribution in [0.5, 0.6) is 5.75 Å². The number of benzene rings is 1. The van der Waals surface area contributed by atoms with E-state index in [0.29, 0.717) is 12.6 Å². The van der Waals surface area contributed by atoms with Gasteiger partial charge in [-0.2, -0.15) is 0 Å². The summed E-state index contributed by atoms with van der Waals surface area (Å²) in [5.74, 6) is 2.62. The van der Waals surface area contributed by atoms with E-state index in [1.807, 2.05) is 7.05 Å². The molecule has 1 aromatic carbocycles. The third kappa shape index (κ3) is 5.34. The Labute approximate surface area is 151 Å². The molecule has 1 saturated carbocycles. The van der Waals surface area contributed by atoms with Crippen molar-refractivity contribution in [3.8, 4) is 5.75 Å². The third-order valence-corrected chi connectivity index (χ3v) is 4.02. The van der Waals surface area contributed by atoms with Crippen LogP contribution in [0.4, 0.5) is 0 Å². The van der Waals surface area contributed by atoms with E-state index in [-0.39, 0.29) is 24.0 Å². The van der Waals surface area contributed by atoms with Crippen molar-refractivity contribution in [3.05, 3.63) is 29.3 Å². The van der Waals surface area contributed by atoms with Crippen molar-refractivity contribution >= 4 is 29.9 Å². The van der Waals surface area contributed by atoms with E-state index < -0.39 is 0 Å². The minimum atomic E-state index is 0. The Hall–Kier alpha value is -0.980. The summed E-state index contributed by atoms with van der Waals surface area (Å²) in [4.78, 5) is 4.30. The van der Waals surface area contributed by atoms with Crippen LogP contribution in [-0.2, 0) is 6.54 Å². The smallest absolute Gasteiger partial charge is 0.191 e. The summed E-state index contributed by atoms with van der Waals surface area (Å²) < 4.78 is 5.43. The van der Waals surface area contributed by atoms with Gasteiger partial charge in [0, 0.05) is 25.2 Å². The molecule has 0 saturated heterocycles. The Morgan fingerprint density at radius 3 is 2.82 bits per heavy atom. The van der Waals surface area contributed by atoms with Gasteiger partial charge < -0.3 is 15.4 Å². The first-order valence-electron chi connectivity index (χ1n) is 7.78. The van der Waals surface area contributed by atoms with E-state index in [1.165, 1.54) is 24.8 Å². The van der Waals surface area contributed by atoms with Crippen LogP contribution in [-0.4, -0.2) is 26.2 Å². The molecule has 124 valence electrons. The highest BCUT2D eigenvalue weighted by atomic mass is 127. The van der Waals surface area contributed by atoms with Crippen molar-refractivity contribution in [2.24, 2.45) is 10.9 Å². The minimum absolute atomic E-state index is 0. The van der Waals surface area contributed by atoms with Gasteiger partial charge in [0.2, 0.25) is 0 Å². The molecule has 2 atom stereocenters. The zero-order valence-electron chi connectivity index (χ0n) is 14.0. The number of halogens is 1. The zero-order valence-corrected chi connectivity index (χ0v) is 16.3. The number of nitrogens with zero attached hydrogens (tertiary/aromatic N) is 1. The van der Waals surface area contributed by atoms with Crippen molar-refractivity contribution < 1.29 is 4.74 Å². The molecule has 0 aliphatic heterocycles. The Kier molecular flexibility index (Phi) is 8.00. The van der Waals surface area contributed by atoms with Gasteiger partial charge in [-0.05, 0) is 37.3 Å². The van der Waals surface area contributed by atoms with Crippen molar-refractivity contribution in [3.63, 3.8) is 0 Å². The molecule has 2 N–H and O–H groups in total. The number of aliphatic imine (C=N–C) groups is 1. The minimum Gasteiger partial charge on any atom is -0.496 e. The number of nitrogens with one attached hydrogen (secondary N) is 2. The van der Waals surface area contributed by atoms with E-state index in [1.54, 1.807) is 7.11 Å². The van der Waals surface area contributed by atoms with Crippen LogP contribution in [0.2, 0.25) is 0 Å². The molecule has 0 bridgehead atoms. The molecule has 1 aromatic rings. The van der Waals surface area contributed by atoms with E-state index >= 15 is 0 Å². The van der Waals surface area contributed by atoms with Gasteiger partial charge in [0.05, 0.1) is 7.11 Å². The first kappa shape index (κ1) is 19.1. The first-order chi connectivity index (χ1) is 10.2. The monoisotopic (exact) mass is 417 g/mol. The fourth-order valence-electron chi connectivity index (χ4n) is 2.66. The van der Waals surface area contributed by atoms with E-state index in [9.17, 15) is 0 Å². The Bertz CT molecular complexity index is 505. The van der Waals surface area contributed by atoms with Crippen LogP contribution >= 0.6 is 24.0 Å². The van der Waals surface area contributed by atoms with Gasteiger partial charge in [-0.15, -0.1) is 24.0 Å². The molecule has 1 aliphatic carbocycles. The van der Waals surface area contributed by atoms with Crippen LogP contribution in [0, 0.1) is 12.8 Å². The van der Waals surface area contributed by atoms with Crippen molar-refractivity contribution in [2.75, 3.05) is 14.2 Å². The number of aryl methyl sites for hydroxylation is 1. The number of hydrogen-bond acceptors (Lipinski definition) is 2. The van der Waals surface area contributed by atoms with E-state index in [4.69, 9.17) is 4.74 Å². The molecule has 0 spiro atoms. The summed E-state index contributed by atoms with van der Waals surface area (Å²) in [6.45, 7) is 5.03. The zero-order chi connectivity index (χ0) is 15.2. The average molecular weight is 417 g/mol. The molecule has 2 unspecified atom stereocenters. The number of ether oxygens (including phenoxy) is 1. The molecule has 22 heavy (non-hydrogen) atoms. The lowest BCUT2D eigenvalue weighted by Crippen LogP contribution is -2.38. The molecular weight excluding hydrogens is 389 g/mol. The predicted molar refractivity (Wildman–Crippen MR) is 103 cm³/mol. The first-order valence-corrected chi connectivity index (χ1v) is 7.78. The highest BCUT2D eigenvalue weighted by Gasteiger charge is 2.36. The number of guanidine groups is 1. The maximum atomic E-state index is 5.43. The van der Waals surface area contributed by atoms with Crippen molar-refractivity contribution in [1.29, 1.82) is 0 Å². The molecule has 0 radical (unpaired) electrons. The van der Waals surface area contributed by atoms with Gasteiger partial charge in [-0.3, -0.25) is 4.99 Å². The standard InChI is InChI=1S/C17H27N3O.HI/c1-5-6-13-10-15(13)20-17(18-3)19-11-14-8-7-12(2)9-16(14)21-4;/h7-9,13,15H,5-6,10-11H2,1-4H3,(H2,18,19,20);1H. The van der Waals surface area contributed by atoms with Gasteiger partial charge in [0.25, 0.3) is 0 Å². The van der Waals surface area contributed by atoms with Gasteiger partial charge in [0.1, 0.15) is 5.75 Å². The molecule has 4 nitrogen and oxygen atoms in total. The molecule has 0 amide bonds. The molecule has 1 aliphatic rings. The summed E-state index contributed by atoms with van der Waals surface area (Å²) >= 11 is 0. The van der Waals surface area contributed by atoms with Crippen LogP contribution < -0.4 is 15.4 Å². The topological polar surface area (TPSA) is 45.7 Å². The summed E-state index contributed by atoms with van der Waals surface area (Å²) in [5.41, 5.74) is 2.35. The molecule has 0 aromatic heterocycles. The van der Waals surface area contributed by atoms with Crippen molar-refractivity contribution in [2.45, 2.75) is 45.7 Å². The average Bonchev–Trinajstić information content (AvgIpc) is 3.22. The van der Waals surface area contributed by atoms with Crippen LogP contribution in [0.15, 0.2) is 23.2 Å². The third-order valence-electron chi connectivity index (χ3n) is 4.02. The Balaban J connectivity index is 0.00000242. The number of rotatable bonds is 6. The van der Waals surface area contributed by atoms with Crippen LogP contribution in [0.3, 0.4) is 0 Å².